The normalized spacial score (nSPS) is 12.3. The van der Waals surface area contributed by atoms with E-state index in [1.807, 2.05) is 12.1 Å². The van der Waals surface area contributed by atoms with Gasteiger partial charge in [-0.1, -0.05) is 26.0 Å². The van der Waals surface area contributed by atoms with E-state index in [4.69, 9.17) is 5.73 Å². The summed E-state index contributed by atoms with van der Waals surface area (Å²) in [6, 6.07) is 6.09. The van der Waals surface area contributed by atoms with E-state index >= 15 is 0 Å². The lowest BCUT2D eigenvalue weighted by molar-refractivity contribution is 0.576. The van der Waals surface area contributed by atoms with Crippen molar-refractivity contribution in [3.05, 3.63) is 29.6 Å². The fraction of sp³-hybridized carbons (Fsp3) is 0.467. The summed E-state index contributed by atoms with van der Waals surface area (Å²) >= 11 is 0. The summed E-state index contributed by atoms with van der Waals surface area (Å²) in [6.45, 7) is 7.75. The molecule has 2 rings (SSSR count). The molecule has 0 amide bonds. The molecule has 20 heavy (non-hydrogen) atoms. The lowest BCUT2D eigenvalue weighted by atomic mass is 10.1. The molecule has 0 saturated carbocycles. The van der Waals surface area contributed by atoms with E-state index in [1.165, 1.54) is 0 Å². The molecule has 0 bridgehead atoms. The maximum Gasteiger partial charge on any atom is 0.189 e. The third-order valence-corrected chi connectivity index (χ3v) is 3.19. The zero-order valence-electron chi connectivity index (χ0n) is 12.4. The molecule has 1 aromatic heterocycles. The van der Waals surface area contributed by atoms with Gasteiger partial charge in [0, 0.05) is 6.54 Å². The van der Waals surface area contributed by atoms with Gasteiger partial charge in [-0.15, -0.1) is 0 Å². The zero-order valence-corrected chi connectivity index (χ0v) is 12.4. The number of para-hydroxylation sites is 1. The van der Waals surface area contributed by atoms with Crippen molar-refractivity contribution in [2.45, 2.75) is 33.7 Å². The number of guanidine groups is 1. The molecule has 0 spiro atoms. The smallest absolute Gasteiger partial charge is 0.189 e. The Hall–Kier alpha value is -2.04. The Morgan fingerprint density at radius 3 is 2.95 bits per heavy atom. The fourth-order valence-electron chi connectivity index (χ4n) is 2.01. The first-order valence-corrected chi connectivity index (χ1v) is 7.04. The lowest BCUT2D eigenvalue weighted by Gasteiger charge is -2.06. The van der Waals surface area contributed by atoms with Gasteiger partial charge >= 0.3 is 0 Å². The first-order valence-electron chi connectivity index (χ1n) is 7.04. The molecule has 1 aromatic carbocycles. The van der Waals surface area contributed by atoms with Gasteiger partial charge in [-0.3, -0.25) is 0 Å². The van der Waals surface area contributed by atoms with Gasteiger partial charge in [0.1, 0.15) is 12.4 Å². The van der Waals surface area contributed by atoms with E-state index in [2.05, 4.69) is 47.1 Å². The monoisotopic (exact) mass is 273 g/mol. The molecule has 0 atom stereocenters. The molecule has 0 unspecified atom stereocenters. The van der Waals surface area contributed by atoms with Gasteiger partial charge in [0.25, 0.3) is 0 Å². The molecule has 4 N–H and O–H groups in total. The first kappa shape index (κ1) is 14.4. The van der Waals surface area contributed by atoms with Gasteiger partial charge in [-0.2, -0.15) is 0 Å². The molecule has 0 aliphatic heterocycles. The second kappa shape index (κ2) is 6.41. The third-order valence-electron chi connectivity index (χ3n) is 3.19. The van der Waals surface area contributed by atoms with E-state index in [9.17, 15) is 0 Å². The van der Waals surface area contributed by atoms with Gasteiger partial charge < -0.3 is 16.0 Å². The van der Waals surface area contributed by atoms with Crippen molar-refractivity contribution in [1.82, 2.24) is 15.3 Å². The number of imidazole rings is 1. The van der Waals surface area contributed by atoms with Crippen molar-refractivity contribution in [2.24, 2.45) is 16.6 Å². The van der Waals surface area contributed by atoms with Crippen LogP contribution in [0.15, 0.2) is 23.2 Å². The number of hydrogen-bond donors (Lipinski definition) is 3. The van der Waals surface area contributed by atoms with E-state index in [-0.39, 0.29) is 0 Å². The molecular weight excluding hydrogens is 250 g/mol. The van der Waals surface area contributed by atoms with Crippen LogP contribution in [0.2, 0.25) is 0 Å². The van der Waals surface area contributed by atoms with Crippen molar-refractivity contribution in [3.8, 4) is 0 Å². The van der Waals surface area contributed by atoms with Crippen LogP contribution in [-0.4, -0.2) is 22.5 Å². The Labute approximate surface area is 119 Å². The van der Waals surface area contributed by atoms with Crippen LogP contribution in [0.3, 0.4) is 0 Å². The Morgan fingerprint density at radius 1 is 1.45 bits per heavy atom. The molecule has 2 aromatic rings. The second-order valence-electron chi connectivity index (χ2n) is 5.47. The first-order chi connectivity index (χ1) is 9.56. The Kier molecular flexibility index (Phi) is 4.61. The number of fused-ring (bicyclic) bond motifs is 1. The minimum atomic E-state index is 0.467. The summed E-state index contributed by atoms with van der Waals surface area (Å²) < 4.78 is 0. The largest absolute Gasteiger partial charge is 0.370 e. The van der Waals surface area contributed by atoms with Crippen LogP contribution in [0.4, 0.5) is 0 Å². The molecular formula is C15H23N5. The summed E-state index contributed by atoms with van der Waals surface area (Å²) in [7, 11) is 0. The number of rotatable bonds is 5. The van der Waals surface area contributed by atoms with Gasteiger partial charge in [0.15, 0.2) is 5.96 Å². The summed E-state index contributed by atoms with van der Waals surface area (Å²) in [4.78, 5) is 12.1. The zero-order chi connectivity index (χ0) is 14.5. The number of benzene rings is 1. The predicted molar refractivity (Wildman–Crippen MR) is 83.6 cm³/mol. The van der Waals surface area contributed by atoms with Crippen LogP contribution in [0.25, 0.3) is 11.0 Å². The van der Waals surface area contributed by atoms with Gasteiger partial charge in [-0.25, -0.2) is 9.98 Å². The van der Waals surface area contributed by atoms with Crippen molar-refractivity contribution in [1.29, 1.82) is 0 Å². The van der Waals surface area contributed by atoms with E-state index in [0.717, 1.165) is 35.4 Å². The average molecular weight is 273 g/mol. The Morgan fingerprint density at radius 2 is 2.25 bits per heavy atom. The minimum Gasteiger partial charge on any atom is -0.370 e. The number of nitrogens with two attached hydrogens (primary N) is 1. The summed E-state index contributed by atoms with van der Waals surface area (Å²) in [5.41, 5.74) is 9.04. The maximum atomic E-state index is 5.83. The molecule has 0 fully saturated rings. The van der Waals surface area contributed by atoms with Crippen LogP contribution in [-0.2, 0) is 6.54 Å². The molecule has 0 aliphatic rings. The Bertz CT molecular complexity index is 597. The van der Waals surface area contributed by atoms with Crippen molar-refractivity contribution < 1.29 is 0 Å². The van der Waals surface area contributed by atoms with Crippen LogP contribution >= 0.6 is 0 Å². The molecule has 0 aliphatic carbocycles. The SMILES string of the molecule is Cc1cccc2[nH]c(CN=C(N)NCCC(C)C)nc12. The standard InChI is InChI=1S/C15H23N5/c1-10(2)7-8-17-15(16)18-9-13-19-12-6-4-5-11(3)14(12)20-13/h4-6,10H,7-9H2,1-3H3,(H,19,20)(H3,16,17,18). The number of nitrogens with one attached hydrogen (secondary N) is 2. The summed E-state index contributed by atoms with van der Waals surface area (Å²) in [6.07, 6.45) is 1.08. The topological polar surface area (TPSA) is 79.1 Å². The number of hydrogen-bond acceptors (Lipinski definition) is 2. The van der Waals surface area contributed by atoms with Crippen molar-refractivity contribution in [3.63, 3.8) is 0 Å². The molecule has 108 valence electrons. The van der Waals surface area contributed by atoms with Crippen LogP contribution in [0.1, 0.15) is 31.7 Å². The molecule has 5 nitrogen and oxygen atoms in total. The maximum absolute atomic E-state index is 5.83. The number of aliphatic imine (C=N–C) groups is 1. The van der Waals surface area contributed by atoms with Crippen molar-refractivity contribution >= 4 is 17.0 Å². The number of H-pyrrole nitrogens is 1. The third kappa shape index (κ3) is 3.73. The number of nitrogens with zero attached hydrogens (tertiary/aromatic N) is 2. The molecule has 0 radical (unpaired) electrons. The lowest BCUT2D eigenvalue weighted by Crippen LogP contribution is -2.32. The molecule has 5 heteroatoms. The van der Waals surface area contributed by atoms with E-state index in [1.54, 1.807) is 0 Å². The van der Waals surface area contributed by atoms with Crippen LogP contribution < -0.4 is 11.1 Å². The minimum absolute atomic E-state index is 0.467. The van der Waals surface area contributed by atoms with E-state index in [0.29, 0.717) is 18.4 Å². The summed E-state index contributed by atoms with van der Waals surface area (Å²) in [5, 5.41) is 3.12. The highest BCUT2D eigenvalue weighted by molar-refractivity contribution is 5.79. The van der Waals surface area contributed by atoms with Crippen LogP contribution in [0, 0.1) is 12.8 Å². The molecule has 1 heterocycles. The van der Waals surface area contributed by atoms with Gasteiger partial charge in [0.2, 0.25) is 0 Å². The number of aromatic nitrogens is 2. The van der Waals surface area contributed by atoms with Gasteiger partial charge in [-0.05, 0) is 30.9 Å². The van der Waals surface area contributed by atoms with Crippen molar-refractivity contribution in [2.75, 3.05) is 6.54 Å². The quantitative estimate of drug-likeness (QED) is 0.578. The highest BCUT2D eigenvalue weighted by Gasteiger charge is 2.04. The van der Waals surface area contributed by atoms with Crippen LogP contribution in [0.5, 0.6) is 0 Å². The predicted octanol–water partition coefficient (Wildman–Crippen LogP) is 2.32. The summed E-state index contributed by atoms with van der Waals surface area (Å²) in [5.74, 6) is 1.97. The highest BCUT2D eigenvalue weighted by Crippen LogP contribution is 2.15. The number of aryl methyl sites for hydroxylation is 1. The van der Waals surface area contributed by atoms with Gasteiger partial charge in [0.05, 0.1) is 11.0 Å². The van der Waals surface area contributed by atoms with E-state index < -0.39 is 0 Å². The number of aromatic amines is 1. The highest BCUT2D eigenvalue weighted by atomic mass is 15.1. The second-order valence-corrected chi connectivity index (χ2v) is 5.47. The average Bonchev–Trinajstić information content (AvgIpc) is 2.80. The Balaban J connectivity index is 1.96. The fourth-order valence-corrected chi connectivity index (χ4v) is 2.01. The molecule has 0 saturated heterocycles.